The van der Waals surface area contributed by atoms with Gasteiger partial charge in [0.25, 0.3) is 0 Å². The molecular weight excluding hydrogens is 451 g/mol. The van der Waals surface area contributed by atoms with Crippen LogP contribution in [0.4, 0.5) is 5.69 Å². The number of aliphatic imine (C=N–C) groups is 1. The van der Waals surface area contributed by atoms with Gasteiger partial charge in [0.15, 0.2) is 5.79 Å². The maximum absolute atomic E-state index is 11.5. The maximum Gasteiger partial charge on any atom is 0.215 e. The first-order valence-electron chi connectivity index (χ1n) is 8.12. The summed E-state index contributed by atoms with van der Waals surface area (Å²) in [7, 11) is 1.45. The van der Waals surface area contributed by atoms with Crippen LogP contribution >= 0.6 is 30.1 Å². The van der Waals surface area contributed by atoms with Crippen LogP contribution in [0.1, 0.15) is 30.4 Å². The van der Waals surface area contributed by atoms with Gasteiger partial charge in [0.2, 0.25) is 6.41 Å². The zero-order chi connectivity index (χ0) is 17.7. The average molecular weight is 470 g/mol. The Hall–Kier alpha value is -1.08. The van der Waals surface area contributed by atoms with Crippen LogP contribution in [0.15, 0.2) is 23.2 Å². The Kier molecular flexibility index (Phi) is 6.39. The second-order valence-electron chi connectivity index (χ2n) is 5.99. The summed E-state index contributed by atoms with van der Waals surface area (Å²) in [5.74, 6) is 3.28. The molecule has 2 fully saturated rings. The zero-order valence-corrected chi connectivity index (χ0v) is 16.9. The van der Waals surface area contributed by atoms with Gasteiger partial charge in [-0.05, 0) is 38.8 Å². The summed E-state index contributed by atoms with van der Waals surface area (Å²) in [6.07, 6.45) is 2.86. The van der Waals surface area contributed by atoms with E-state index in [9.17, 15) is 4.79 Å². The number of amides is 1. The van der Waals surface area contributed by atoms with Crippen LogP contribution in [-0.4, -0.2) is 42.7 Å². The van der Waals surface area contributed by atoms with Crippen LogP contribution in [0.2, 0.25) is 0 Å². The molecule has 25 heavy (non-hydrogen) atoms. The van der Waals surface area contributed by atoms with Crippen molar-refractivity contribution in [3.8, 4) is 11.2 Å². The molecule has 1 aromatic carbocycles. The molecule has 0 radical (unpaired) electrons. The Balaban J connectivity index is 1.88. The van der Waals surface area contributed by atoms with Crippen molar-refractivity contribution in [3.63, 3.8) is 0 Å². The topological polar surface area (TPSA) is 51.1 Å². The van der Waals surface area contributed by atoms with Crippen LogP contribution in [0.25, 0.3) is 0 Å². The van der Waals surface area contributed by atoms with Gasteiger partial charge in [-0.25, -0.2) is 4.99 Å². The third-order valence-corrected chi connectivity index (χ3v) is 5.27. The quantitative estimate of drug-likeness (QED) is 0.375. The van der Waals surface area contributed by atoms with Gasteiger partial charge in [-0.3, -0.25) is 4.79 Å². The van der Waals surface area contributed by atoms with Gasteiger partial charge in [0, 0.05) is 52.6 Å². The highest BCUT2D eigenvalue weighted by molar-refractivity contribution is 14.2. The average Bonchev–Trinajstić information content (AvgIpc) is 3.01. The fourth-order valence-electron chi connectivity index (χ4n) is 3.03. The van der Waals surface area contributed by atoms with E-state index in [1.807, 2.05) is 25.1 Å². The Morgan fingerprint density at radius 3 is 2.88 bits per heavy atom. The lowest BCUT2D eigenvalue weighted by Gasteiger charge is -2.24. The van der Waals surface area contributed by atoms with Crippen molar-refractivity contribution in [2.45, 2.75) is 32.0 Å². The highest BCUT2D eigenvalue weighted by Gasteiger charge is 2.39. The third kappa shape index (κ3) is 4.56. The first-order chi connectivity index (χ1) is 12.2. The molecule has 0 bridgehead atoms. The smallest absolute Gasteiger partial charge is 0.215 e. The molecule has 0 atom stereocenters. The van der Waals surface area contributed by atoms with Crippen molar-refractivity contribution in [3.05, 3.63) is 29.3 Å². The molecule has 0 aromatic heterocycles. The summed E-state index contributed by atoms with van der Waals surface area (Å²) < 4.78 is 11.6. The maximum atomic E-state index is 11.5. The largest absolute Gasteiger partial charge is 0.347 e. The van der Waals surface area contributed by atoms with E-state index < -0.39 is 5.79 Å². The standard InChI is InChI=1S/C18H19IN2O3S/c1-14-2-3-15(5-11-25-19)12-16(14)20-17-4-6-18(23-9-10-24-18)7-8-21(17)13-22/h2-3,12-13H,4,6-10H2,1H3. The first-order valence-corrected chi connectivity index (χ1v) is 11.5. The molecule has 0 N–H and O–H groups in total. The lowest BCUT2D eigenvalue weighted by atomic mass is 10.1. The van der Waals surface area contributed by atoms with Crippen molar-refractivity contribution < 1.29 is 14.3 Å². The molecule has 132 valence electrons. The highest BCUT2D eigenvalue weighted by atomic mass is 127. The number of rotatable bonds is 2. The molecule has 5 nitrogen and oxygen atoms in total. The number of benzene rings is 1. The highest BCUT2D eigenvalue weighted by Crippen LogP contribution is 2.32. The summed E-state index contributed by atoms with van der Waals surface area (Å²) in [4.78, 5) is 18.0. The number of likely N-dealkylation sites (tertiary alicyclic amines) is 1. The molecule has 0 saturated carbocycles. The predicted octanol–water partition coefficient (Wildman–Crippen LogP) is 3.80. The third-order valence-electron chi connectivity index (χ3n) is 4.43. The van der Waals surface area contributed by atoms with E-state index >= 15 is 0 Å². The molecule has 0 aliphatic carbocycles. The Bertz CT molecular complexity index is 736. The van der Waals surface area contributed by atoms with E-state index in [4.69, 9.17) is 14.5 Å². The van der Waals surface area contributed by atoms with Gasteiger partial charge in [-0.15, -0.1) is 0 Å². The van der Waals surface area contributed by atoms with Crippen LogP contribution in [0.5, 0.6) is 0 Å². The summed E-state index contributed by atoms with van der Waals surface area (Å²) in [5, 5.41) is 2.98. The van der Waals surface area contributed by atoms with Gasteiger partial charge in [-0.2, -0.15) is 0 Å². The van der Waals surface area contributed by atoms with Crippen LogP contribution in [0, 0.1) is 18.1 Å². The van der Waals surface area contributed by atoms with Gasteiger partial charge >= 0.3 is 0 Å². The number of carbonyl (C=O) groups excluding carboxylic acids is 1. The lowest BCUT2D eigenvalue weighted by molar-refractivity contribution is -0.164. The summed E-state index contributed by atoms with van der Waals surface area (Å²) in [6.45, 7) is 3.78. The van der Waals surface area contributed by atoms with Crippen molar-refractivity contribution >= 4 is 48.1 Å². The Morgan fingerprint density at radius 2 is 2.16 bits per heavy atom. The number of nitrogens with zero attached hydrogens (tertiary/aromatic N) is 2. The SMILES string of the molecule is Cc1ccc(C#CSI)cc1N=C1CCC2(CCN1C=O)OCCO2. The fourth-order valence-corrected chi connectivity index (χ4v) is 3.52. The molecule has 1 aromatic rings. The van der Waals surface area contributed by atoms with Crippen LogP contribution < -0.4 is 0 Å². The molecule has 2 saturated heterocycles. The van der Waals surface area contributed by atoms with Crippen molar-refractivity contribution in [1.82, 2.24) is 4.90 Å². The van der Waals surface area contributed by atoms with E-state index in [0.717, 1.165) is 29.1 Å². The van der Waals surface area contributed by atoms with Gasteiger partial charge < -0.3 is 14.4 Å². The minimum atomic E-state index is -0.557. The van der Waals surface area contributed by atoms with Crippen LogP contribution in [0.3, 0.4) is 0 Å². The molecule has 1 amide bonds. The van der Waals surface area contributed by atoms with Crippen molar-refractivity contribution in [2.24, 2.45) is 4.99 Å². The second kappa shape index (κ2) is 8.54. The van der Waals surface area contributed by atoms with E-state index in [1.54, 1.807) is 4.90 Å². The number of halogens is 1. The number of aryl methyl sites for hydroxylation is 1. The molecule has 1 spiro atoms. The monoisotopic (exact) mass is 470 g/mol. The fraction of sp³-hybridized carbons (Fsp3) is 0.444. The van der Waals surface area contributed by atoms with Gasteiger partial charge in [0.05, 0.1) is 18.9 Å². The van der Waals surface area contributed by atoms with Gasteiger partial charge in [-0.1, -0.05) is 12.0 Å². The number of hydrogen-bond donors (Lipinski definition) is 0. The van der Waals surface area contributed by atoms with Crippen LogP contribution in [-0.2, 0) is 14.3 Å². The molecular formula is C18H19IN2O3S. The second-order valence-corrected chi connectivity index (χ2v) is 7.67. The van der Waals surface area contributed by atoms with Gasteiger partial charge in [0.1, 0.15) is 5.84 Å². The van der Waals surface area contributed by atoms with Crippen molar-refractivity contribution in [1.29, 1.82) is 0 Å². The predicted molar refractivity (Wildman–Crippen MR) is 108 cm³/mol. The zero-order valence-electron chi connectivity index (χ0n) is 14.0. The van der Waals surface area contributed by atoms with E-state index in [2.05, 4.69) is 32.4 Å². The number of ether oxygens (including phenoxy) is 2. The van der Waals surface area contributed by atoms with E-state index in [1.165, 1.54) is 8.93 Å². The minimum absolute atomic E-state index is 0.548. The summed E-state index contributed by atoms with van der Waals surface area (Å²) in [5.41, 5.74) is 2.81. The first kappa shape index (κ1) is 18.7. The normalized spacial score (nSPS) is 21.0. The molecule has 2 aliphatic rings. The number of hydrogen-bond acceptors (Lipinski definition) is 5. The van der Waals surface area contributed by atoms with Crippen molar-refractivity contribution in [2.75, 3.05) is 19.8 Å². The minimum Gasteiger partial charge on any atom is -0.347 e. The number of carbonyl (C=O) groups is 1. The molecule has 7 heteroatoms. The molecule has 2 heterocycles. The molecule has 2 aliphatic heterocycles. The Labute approximate surface area is 164 Å². The Morgan fingerprint density at radius 1 is 1.36 bits per heavy atom. The summed E-state index contributed by atoms with van der Waals surface area (Å²) >= 11 is 2.15. The summed E-state index contributed by atoms with van der Waals surface area (Å²) in [6, 6.07) is 5.96. The van der Waals surface area contributed by atoms with E-state index in [-0.39, 0.29) is 0 Å². The van der Waals surface area contributed by atoms with E-state index in [0.29, 0.717) is 39.0 Å². The lowest BCUT2D eigenvalue weighted by Crippen LogP contribution is -2.32. The molecule has 3 rings (SSSR count). The number of amidine groups is 1. The molecule has 0 unspecified atom stereocenters.